The monoisotopic (exact) mass is 294 g/mol. The van der Waals surface area contributed by atoms with E-state index >= 15 is 0 Å². The molecule has 1 aromatic carbocycles. The second-order valence-corrected chi connectivity index (χ2v) is 7.90. The van der Waals surface area contributed by atoms with Crippen LogP contribution in [0.5, 0.6) is 0 Å². The number of carbonyl (C=O) groups excluding carboxylic acids is 1. The van der Waals surface area contributed by atoms with Gasteiger partial charge in [-0.25, -0.2) is 0 Å². The zero-order valence-electron chi connectivity index (χ0n) is 12.8. The van der Waals surface area contributed by atoms with Crippen molar-refractivity contribution in [1.82, 2.24) is 10.3 Å². The second-order valence-electron chi connectivity index (χ2n) is 7.90. The molecule has 3 nitrogen and oxygen atoms in total. The van der Waals surface area contributed by atoms with Crippen LogP contribution in [0.25, 0.3) is 10.9 Å². The van der Waals surface area contributed by atoms with E-state index in [1.807, 2.05) is 30.5 Å². The van der Waals surface area contributed by atoms with E-state index in [2.05, 4.69) is 10.3 Å². The molecule has 6 rings (SSSR count). The molecule has 114 valence electrons. The van der Waals surface area contributed by atoms with Crippen LogP contribution in [0, 0.1) is 17.8 Å². The van der Waals surface area contributed by atoms with Crippen LogP contribution in [0.2, 0.25) is 0 Å². The molecule has 0 saturated heterocycles. The summed E-state index contributed by atoms with van der Waals surface area (Å²) in [7, 11) is 0. The number of aromatic nitrogens is 1. The lowest BCUT2D eigenvalue weighted by atomic mass is 9.53. The minimum atomic E-state index is 0.0875. The summed E-state index contributed by atoms with van der Waals surface area (Å²) in [6.07, 6.45) is 9.68. The molecule has 4 aliphatic rings. The minimum Gasteiger partial charge on any atom is -0.360 e. The normalized spacial score (nSPS) is 35.9. The van der Waals surface area contributed by atoms with E-state index < -0.39 is 0 Å². The topological polar surface area (TPSA) is 44.9 Å². The lowest BCUT2D eigenvalue weighted by Gasteiger charge is -2.56. The Labute approximate surface area is 130 Å². The third kappa shape index (κ3) is 1.84. The van der Waals surface area contributed by atoms with E-state index in [1.165, 1.54) is 38.5 Å². The van der Waals surface area contributed by atoms with Gasteiger partial charge in [0.15, 0.2) is 0 Å². The standard InChI is InChI=1S/C19H22N2O/c22-18(16-11-20-17-4-2-1-3-15(16)17)21-19-8-12-5-13(9-19)7-14(6-12)10-19/h1-4,11-14,20H,5-10H2,(H,21,22). The predicted molar refractivity (Wildman–Crippen MR) is 86.7 cm³/mol. The molecule has 22 heavy (non-hydrogen) atoms. The highest BCUT2D eigenvalue weighted by Gasteiger charge is 2.51. The molecule has 4 aliphatic carbocycles. The number of aromatic amines is 1. The van der Waals surface area contributed by atoms with Crippen LogP contribution in [0.15, 0.2) is 30.5 Å². The Morgan fingerprint density at radius 2 is 1.68 bits per heavy atom. The van der Waals surface area contributed by atoms with Crippen molar-refractivity contribution in [3.8, 4) is 0 Å². The fraction of sp³-hybridized carbons (Fsp3) is 0.526. The fourth-order valence-corrected chi connectivity index (χ4v) is 5.83. The van der Waals surface area contributed by atoms with Gasteiger partial charge in [0, 0.05) is 22.6 Å². The highest BCUT2D eigenvalue weighted by Crippen LogP contribution is 2.55. The Hall–Kier alpha value is -1.77. The van der Waals surface area contributed by atoms with Crippen LogP contribution >= 0.6 is 0 Å². The lowest BCUT2D eigenvalue weighted by Crippen LogP contribution is -2.59. The van der Waals surface area contributed by atoms with Crippen molar-refractivity contribution in [2.24, 2.45) is 17.8 Å². The number of nitrogens with one attached hydrogen (secondary N) is 2. The maximum Gasteiger partial charge on any atom is 0.253 e. The number of hydrogen-bond acceptors (Lipinski definition) is 1. The number of amides is 1. The number of carbonyl (C=O) groups is 1. The molecule has 0 aliphatic heterocycles. The van der Waals surface area contributed by atoms with Crippen LogP contribution < -0.4 is 5.32 Å². The summed E-state index contributed by atoms with van der Waals surface area (Å²) in [6.45, 7) is 0. The van der Waals surface area contributed by atoms with Crippen LogP contribution in [-0.2, 0) is 0 Å². The van der Waals surface area contributed by atoms with Crippen molar-refractivity contribution in [1.29, 1.82) is 0 Å². The molecule has 1 aromatic heterocycles. The summed E-state index contributed by atoms with van der Waals surface area (Å²) < 4.78 is 0. The highest BCUT2D eigenvalue weighted by atomic mass is 16.1. The van der Waals surface area contributed by atoms with Crippen molar-refractivity contribution in [3.05, 3.63) is 36.0 Å². The van der Waals surface area contributed by atoms with Crippen LogP contribution in [0.4, 0.5) is 0 Å². The Balaban J connectivity index is 1.45. The van der Waals surface area contributed by atoms with Gasteiger partial charge in [-0.3, -0.25) is 4.79 Å². The van der Waals surface area contributed by atoms with Crippen molar-refractivity contribution < 1.29 is 4.79 Å². The van der Waals surface area contributed by atoms with E-state index in [0.717, 1.165) is 34.2 Å². The number of rotatable bonds is 2. The second kappa shape index (κ2) is 4.37. The van der Waals surface area contributed by atoms with Gasteiger partial charge < -0.3 is 10.3 Å². The van der Waals surface area contributed by atoms with Crippen LogP contribution in [0.3, 0.4) is 0 Å². The lowest BCUT2D eigenvalue weighted by molar-refractivity contribution is -0.0166. The predicted octanol–water partition coefficient (Wildman–Crippen LogP) is 3.87. The summed E-state index contributed by atoms with van der Waals surface area (Å²) >= 11 is 0. The van der Waals surface area contributed by atoms with Crippen LogP contribution in [0.1, 0.15) is 48.9 Å². The molecule has 0 unspecified atom stereocenters. The molecule has 1 heterocycles. The molecule has 4 bridgehead atoms. The highest BCUT2D eigenvalue weighted by molar-refractivity contribution is 6.06. The van der Waals surface area contributed by atoms with Gasteiger partial charge in [-0.05, 0) is 62.3 Å². The van der Waals surface area contributed by atoms with E-state index in [9.17, 15) is 4.79 Å². The maximum absolute atomic E-state index is 12.9. The summed E-state index contributed by atoms with van der Waals surface area (Å²) in [5.74, 6) is 2.68. The summed E-state index contributed by atoms with van der Waals surface area (Å²) in [4.78, 5) is 16.1. The van der Waals surface area contributed by atoms with Gasteiger partial charge in [0.1, 0.15) is 0 Å². The number of benzene rings is 1. The summed E-state index contributed by atoms with van der Waals surface area (Å²) in [6, 6.07) is 8.05. The molecular weight excluding hydrogens is 272 g/mol. The molecule has 0 radical (unpaired) electrons. The van der Waals surface area contributed by atoms with Gasteiger partial charge in [-0.15, -0.1) is 0 Å². The number of fused-ring (bicyclic) bond motifs is 1. The van der Waals surface area contributed by atoms with E-state index in [0.29, 0.717) is 0 Å². The first kappa shape index (κ1) is 12.7. The first-order chi connectivity index (χ1) is 10.7. The van der Waals surface area contributed by atoms with Gasteiger partial charge >= 0.3 is 0 Å². The zero-order valence-corrected chi connectivity index (χ0v) is 12.8. The first-order valence-electron chi connectivity index (χ1n) is 8.59. The number of para-hydroxylation sites is 1. The van der Waals surface area contributed by atoms with Crippen molar-refractivity contribution in [3.63, 3.8) is 0 Å². The molecule has 1 amide bonds. The molecule has 2 aromatic rings. The van der Waals surface area contributed by atoms with Crippen molar-refractivity contribution in [2.75, 3.05) is 0 Å². The molecule has 3 heteroatoms. The van der Waals surface area contributed by atoms with E-state index in [1.54, 1.807) is 0 Å². The Morgan fingerprint density at radius 1 is 1.05 bits per heavy atom. The molecule has 4 fully saturated rings. The van der Waals surface area contributed by atoms with Gasteiger partial charge in [-0.2, -0.15) is 0 Å². The van der Waals surface area contributed by atoms with Crippen LogP contribution in [-0.4, -0.2) is 16.4 Å². The molecule has 0 atom stereocenters. The zero-order chi connectivity index (χ0) is 14.7. The Bertz CT molecular complexity index is 709. The first-order valence-corrected chi connectivity index (χ1v) is 8.59. The summed E-state index contributed by atoms with van der Waals surface area (Å²) in [5.41, 5.74) is 1.93. The fourth-order valence-electron chi connectivity index (χ4n) is 5.83. The van der Waals surface area contributed by atoms with Crippen molar-refractivity contribution in [2.45, 2.75) is 44.1 Å². The number of H-pyrrole nitrogens is 1. The molecular formula is C19H22N2O. The molecule has 0 spiro atoms. The Morgan fingerprint density at radius 3 is 2.36 bits per heavy atom. The van der Waals surface area contributed by atoms with Gasteiger partial charge in [-0.1, -0.05) is 18.2 Å². The van der Waals surface area contributed by atoms with Gasteiger partial charge in [0.2, 0.25) is 0 Å². The number of hydrogen-bond donors (Lipinski definition) is 2. The molecule has 2 N–H and O–H groups in total. The van der Waals surface area contributed by atoms with Gasteiger partial charge in [0.25, 0.3) is 5.91 Å². The third-order valence-electron chi connectivity index (χ3n) is 6.25. The van der Waals surface area contributed by atoms with Crippen molar-refractivity contribution >= 4 is 16.8 Å². The van der Waals surface area contributed by atoms with Gasteiger partial charge in [0.05, 0.1) is 5.56 Å². The maximum atomic E-state index is 12.9. The molecule has 4 saturated carbocycles. The Kier molecular flexibility index (Phi) is 2.53. The third-order valence-corrected chi connectivity index (χ3v) is 6.25. The minimum absolute atomic E-state index is 0.0875. The summed E-state index contributed by atoms with van der Waals surface area (Å²) in [5, 5.41) is 4.49. The average molecular weight is 294 g/mol. The smallest absolute Gasteiger partial charge is 0.253 e. The quantitative estimate of drug-likeness (QED) is 0.867. The largest absolute Gasteiger partial charge is 0.360 e. The van der Waals surface area contributed by atoms with E-state index in [4.69, 9.17) is 0 Å². The SMILES string of the molecule is O=C(NC12CC3CC(CC(C3)C1)C2)c1c[nH]c2ccccc12. The van der Waals surface area contributed by atoms with E-state index in [-0.39, 0.29) is 11.4 Å². The average Bonchev–Trinajstić information content (AvgIpc) is 2.89.